The van der Waals surface area contributed by atoms with E-state index >= 15 is 0 Å². The molecule has 1 atom stereocenters. The predicted octanol–water partition coefficient (Wildman–Crippen LogP) is 4.85. The van der Waals surface area contributed by atoms with Crippen molar-refractivity contribution in [3.8, 4) is 11.3 Å². The van der Waals surface area contributed by atoms with Gasteiger partial charge in [-0.3, -0.25) is 9.59 Å². The number of benzene rings is 1. The van der Waals surface area contributed by atoms with Gasteiger partial charge in [0.2, 0.25) is 5.91 Å². The summed E-state index contributed by atoms with van der Waals surface area (Å²) in [5.74, 6) is 0.566. The minimum atomic E-state index is -0.203. The fraction of sp³-hybridized carbons (Fsp3) is 0.379. The molecule has 37 heavy (non-hydrogen) atoms. The SMILES string of the molecule is C=C(C)C(=O)Nc1ccc(-c2c(C3=CC[C@H](C(=O)N4CCCC4)CC3)c3c(N)ncnc3n2C)c(C)c1. The van der Waals surface area contributed by atoms with Gasteiger partial charge in [0.15, 0.2) is 0 Å². The van der Waals surface area contributed by atoms with Crippen LogP contribution in [0.4, 0.5) is 11.5 Å². The number of amides is 2. The summed E-state index contributed by atoms with van der Waals surface area (Å²) < 4.78 is 2.07. The molecule has 3 aromatic rings. The molecule has 3 N–H and O–H groups in total. The van der Waals surface area contributed by atoms with E-state index in [1.54, 1.807) is 6.92 Å². The van der Waals surface area contributed by atoms with Crippen molar-refractivity contribution in [1.82, 2.24) is 19.4 Å². The van der Waals surface area contributed by atoms with Gasteiger partial charge < -0.3 is 20.5 Å². The van der Waals surface area contributed by atoms with Crippen LogP contribution in [0.1, 0.15) is 50.2 Å². The fourth-order valence-corrected chi connectivity index (χ4v) is 5.63. The molecule has 2 aromatic heterocycles. The minimum Gasteiger partial charge on any atom is -0.383 e. The minimum absolute atomic E-state index is 0.0341. The number of likely N-dealkylation sites (tertiary alicyclic amines) is 1. The second-order valence-electron chi connectivity index (χ2n) is 10.2. The monoisotopic (exact) mass is 498 g/mol. The van der Waals surface area contributed by atoms with Crippen molar-refractivity contribution in [3.63, 3.8) is 0 Å². The standard InChI is InChI=1S/C29H34N6O2/c1-17(2)28(36)33-21-11-12-22(18(3)15-21)25-23(24-26(30)31-16-32-27(24)34(25)4)19-7-9-20(10-8-19)29(37)35-13-5-6-14-35/h7,11-12,15-16,20H,1,5-6,8-10,13-14H2,2-4H3,(H,33,36)(H2,30,31,32)/t20-/m0/s1. The molecule has 192 valence electrons. The molecule has 2 amide bonds. The lowest BCUT2D eigenvalue weighted by Gasteiger charge is -2.26. The van der Waals surface area contributed by atoms with Crippen molar-refractivity contribution in [2.45, 2.75) is 46.0 Å². The van der Waals surface area contributed by atoms with Gasteiger partial charge in [-0.25, -0.2) is 9.97 Å². The number of aryl methyl sites for hydroxylation is 2. The van der Waals surface area contributed by atoms with E-state index in [1.807, 2.05) is 37.1 Å². The maximum Gasteiger partial charge on any atom is 0.250 e. The third-order valence-electron chi connectivity index (χ3n) is 7.62. The highest BCUT2D eigenvalue weighted by Crippen LogP contribution is 2.44. The van der Waals surface area contributed by atoms with E-state index in [4.69, 9.17) is 5.73 Å². The van der Waals surface area contributed by atoms with Crippen LogP contribution in [-0.2, 0) is 16.6 Å². The number of nitrogens with two attached hydrogens (primary N) is 1. The number of fused-ring (bicyclic) bond motifs is 1. The van der Waals surface area contributed by atoms with E-state index in [0.717, 1.165) is 78.6 Å². The van der Waals surface area contributed by atoms with Crippen LogP contribution in [0.3, 0.4) is 0 Å². The molecular formula is C29H34N6O2. The van der Waals surface area contributed by atoms with Gasteiger partial charge in [0.1, 0.15) is 17.8 Å². The zero-order valence-corrected chi connectivity index (χ0v) is 21.8. The lowest BCUT2D eigenvalue weighted by atomic mass is 9.84. The number of hydrogen-bond donors (Lipinski definition) is 2. The number of anilines is 2. The summed E-state index contributed by atoms with van der Waals surface area (Å²) in [5.41, 5.74) is 13.6. The van der Waals surface area contributed by atoms with Crippen molar-refractivity contribution in [1.29, 1.82) is 0 Å². The molecular weight excluding hydrogens is 464 g/mol. The van der Waals surface area contributed by atoms with Crippen LogP contribution in [0.5, 0.6) is 0 Å². The number of aromatic nitrogens is 3. The quantitative estimate of drug-likeness (QED) is 0.489. The molecule has 1 aromatic carbocycles. The Balaban J connectivity index is 1.56. The number of nitrogens with zero attached hydrogens (tertiary/aromatic N) is 4. The van der Waals surface area contributed by atoms with Crippen molar-refractivity contribution in [3.05, 3.63) is 53.9 Å². The molecule has 0 bridgehead atoms. The van der Waals surface area contributed by atoms with E-state index in [1.165, 1.54) is 11.9 Å². The lowest BCUT2D eigenvalue weighted by molar-refractivity contribution is -0.134. The van der Waals surface area contributed by atoms with E-state index in [-0.39, 0.29) is 17.7 Å². The molecule has 8 heteroatoms. The van der Waals surface area contributed by atoms with Crippen LogP contribution < -0.4 is 11.1 Å². The Morgan fingerprint density at radius 1 is 1.19 bits per heavy atom. The molecule has 1 aliphatic heterocycles. The lowest BCUT2D eigenvalue weighted by Crippen LogP contribution is -2.34. The molecule has 1 fully saturated rings. The molecule has 0 unspecified atom stereocenters. The topological polar surface area (TPSA) is 106 Å². The van der Waals surface area contributed by atoms with Gasteiger partial charge >= 0.3 is 0 Å². The first-order valence-electron chi connectivity index (χ1n) is 12.9. The predicted molar refractivity (Wildman–Crippen MR) is 148 cm³/mol. The maximum atomic E-state index is 13.0. The Morgan fingerprint density at radius 2 is 1.95 bits per heavy atom. The van der Waals surface area contributed by atoms with Gasteiger partial charge in [0.05, 0.1) is 11.1 Å². The third-order valence-corrected chi connectivity index (χ3v) is 7.62. The number of allylic oxidation sites excluding steroid dienone is 2. The van der Waals surface area contributed by atoms with Crippen molar-refractivity contribution < 1.29 is 9.59 Å². The molecule has 2 aliphatic rings. The molecule has 0 spiro atoms. The van der Waals surface area contributed by atoms with Gasteiger partial charge in [-0.15, -0.1) is 0 Å². The van der Waals surface area contributed by atoms with E-state index in [0.29, 0.717) is 17.1 Å². The van der Waals surface area contributed by atoms with Crippen molar-refractivity contribution >= 4 is 39.9 Å². The number of nitrogens with one attached hydrogen (secondary N) is 1. The Bertz CT molecular complexity index is 1440. The fourth-order valence-electron chi connectivity index (χ4n) is 5.63. The molecule has 0 radical (unpaired) electrons. The average Bonchev–Trinajstić information content (AvgIpc) is 3.52. The number of carbonyl (C=O) groups excluding carboxylic acids is 2. The van der Waals surface area contributed by atoms with Gasteiger partial charge in [-0.2, -0.15) is 0 Å². The molecule has 1 saturated heterocycles. The largest absolute Gasteiger partial charge is 0.383 e. The zero-order valence-electron chi connectivity index (χ0n) is 21.8. The van der Waals surface area contributed by atoms with Crippen LogP contribution in [0, 0.1) is 12.8 Å². The molecule has 3 heterocycles. The summed E-state index contributed by atoms with van der Waals surface area (Å²) in [6.07, 6.45) is 8.24. The van der Waals surface area contributed by atoms with E-state index in [2.05, 4.69) is 32.5 Å². The molecule has 8 nitrogen and oxygen atoms in total. The summed E-state index contributed by atoms with van der Waals surface area (Å²) in [7, 11) is 1.99. The van der Waals surface area contributed by atoms with E-state index in [9.17, 15) is 9.59 Å². The molecule has 5 rings (SSSR count). The summed E-state index contributed by atoms with van der Waals surface area (Å²) in [5, 5.41) is 3.74. The van der Waals surface area contributed by atoms with Crippen LogP contribution in [0.2, 0.25) is 0 Å². The molecule has 0 saturated carbocycles. The van der Waals surface area contributed by atoms with Crippen LogP contribution in [0.25, 0.3) is 27.9 Å². The first kappa shape index (κ1) is 24.7. The van der Waals surface area contributed by atoms with E-state index < -0.39 is 0 Å². The highest BCUT2D eigenvalue weighted by Gasteiger charge is 2.31. The summed E-state index contributed by atoms with van der Waals surface area (Å²) in [6.45, 7) is 9.20. The Kier molecular flexibility index (Phi) is 6.58. The number of carbonyl (C=O) groups is 2. The first-order chi connectivity index (χ1) is 17.8. The maximum absolute atomic E-state index is 13.0. The van der Waals surface area contributed by atoms with Crippen LogP contribution >= 0.6 is 0 Å². The van der Waals surface area contributed by atoms with Gasteiger partial charge in [-0.05, 0) is 69.2 Å². The smallest absolute Gasteiger partial charge is 0.250 e. The second-order valence-corrected chi connectivity index (χ2v) is 10.2. The number of hydrogen-bond acceptors (Lipinski definition) is 5. The summed E-state index contributed by atoms with van der Waals surface area (Å²) in [6, 6.07) is 5.89. The number of nitrogen functional groups attached to an aromatic ring is 1. The van der Waals surface area contributed by atoms with Crippen LogP contribution in [-0.4, -0.2) is 44.3 Å². The highest BCUT2D eigenvalue weighted by molar-refractivity contribution is 6.05. The second kappa shape index (κ2) is 9.84. The summed E-state index contributed by atoms with van der Waals surface area (Å²) >= 11 is 0. The Labute approximate surface area is 217 Å². The normalized spacial score (nSPS) is 17.6. The van der Waals surface area contributed by atoms with Gasteiger partial charge in [0.25, 0.3) is 5.91 Å². The van der Waals surface area contributed by atoms with Gasteiger partial charge in [-0.1, -0.05) is 18.7 Å². The third kappa shape index (κ3) is 4.52. The van der Waals surface area contributed by atoms with Crippen molar-refractivity contribution in [2.75, 3.05) is 24.1 Å². The zero-order chi connectivity index (χ0) is 26.3. The van der Waals surface area contributed by atoms with Crippen molar-refractivity contribution in [2.24, 2.45) is 13.0 Å². The Morgan fingerprint density at radius 3 is 2.59 bits per heavy atom. The van der Waals surface area contributed by atoms with Crippen LogP contribution in [0.15, 0.2) is 42.8 Å². The number of rotatable bonds is 5. The van der Waals surface area contributed by atoms with Gasteiger partial charge in [0, 0.05) is 48.4 Å². The summed E-state index contributed by atoms with van der Waals surface area (Å²) in [4.78, 5) is 36.0. The molecule has 1 aliphatic carbocycles. The highest BCUT2D eigenvalue weighted by atomic mass is 16.2. The first-order valence-corrected chi connectivity index (χ1v) is 12.9. The average molecular weight is 499 g/mol. The Hall–Kier alpha value is -3.94.